The highest BCUT2D eigenvalue weighted by Crippen LogP contribution is 2.41. The molecule has 0 bridgehead atoms. The van der Waals surface area contributed by atoms with Crippen LogP contribution in [-0.2, 0) is 19.1 Å². The van der Waals surface area contributed by atoms with Crippen LogP contribution >= 0.6 is 15.9 Å². The number of rotatable bonds is 4. The molecule has 0 radical (unpaired) electrons. The molecule has 26 heavy (non-hydrogen) atoms. The van der Waals surface area contributed by atoms with E-state index in [1.54, 1.807) is 6.92 Å². The number of cyclic esters (lactones) is 1. The third-order valence-corrected chi connectivity index (χ3v) is 5.65. The first kappa shape index (κ1) is 19.1. The van der Waals surface area contributed by atoms with Crippen molar-refractivity contribution in [3.8, 4) is 0 Å². The van der Waals surface area contributed by atoms with Gasteiger partial charge in [-0.3, -0.25) is 9.69 Å². The molecule has 0 aromatic heterocycles. The van der Waals surface area contributed by atoms with Gasteiger partial charge in [-0.05, 0) is 43.4 Å². The van der Waals surface area contributed by atoms with Gasteiger partial charge in [0.25, 0.3) is 0 Å². The number of hydrogen-bond acceptors (Lipinski definition) is 5. The first-order valence-electron chi connectivity index (χ1n) is 8.91. The highest BCUT2D eigenvalue weighted by Gasteiger charge is 2.45. The monoisotopic (exact) mass is 421 g/mol. The average molecular weight is 422 g/mol. The molecule has 6 heteroatoms. The minimum atomic E-state index is -0.459. The topological polar surface area (TPSA) is 55.8 Å². The summed E-state index contributed by atoms with van der Waals surface area (Å²) in [5, 5.41) is 0. The number of benzene rings is 1. The van der Waals surface area contributed by atoms with Crippen LogP contribution in [0.25, 0.3) is 0 Å². The Kier molecular flexibility index (Phi) is 5.82. The number of ether oxygens (including phenoxy) is 2. The van der Waals surface area contributed by atoms with Gasteiger partial charge in [-0.15, -0.1) is 0 Å². The average Bonchev–Trinajstić information content (AvgIpc) is 2.60. The van der Waals surface area contributed by atoms with E-state index in [2.05, 4.69) is 46.5 Å². The lowest BCUT2D eigenvalue weighted by molar-refractivity contribution is -0.180. The van der Waals surface area contributed by atoms with Gasteiger partial charge in [0, 0.05) is 22.6 Å². The Labute approximate surface area is 162 Å². The summed E-state index contributed by atoms with van der Waals surface area (Å²) in [4.78, 5) is 26.4. The molecule has 140 valence electrons. The third kappa shape index (κ3) is 4.01. The second-order valence-corrected chi connectivity index (χ2v) is 8.12. The third-order valence-electron chi connectivity index (χ3n) is 5.12. The molecule has 0 saturated carbocycles. The summed E-state index contributed by atoms with van der Waals surface area (Å²) in [6.07, 6.45) is 1.32. The van der Waals surface area contributed by atoms with E-state index >= 15 is 0 Å². The zero-order valence-corrected chi connectivity index (χ0v) is 16.7. The smallest absolute Gasteiger partial charge is 0.333 e. The fourth-order valence-electron chi connectivity index (χ4n) is 3.83. The van der Waals surface area contributed by atoms with E-state index < -0.39 is 12.1 Å². The molecule has 0 spiro atoms. The SMILES string of the molecule is C=C(C)C(=O)OC[C@H]1CN2[C@@H](CC[C@@H](C)[C@@H]2c2ccc(Br)cc2)C(=O)O1. The first-order chi connectivity index (χ1) is 12.4. The van der Waals surface area contributed by atoms with E-state index in [4.69, 9.17) is 9.47 Å². The zero-order valence-electron chi connectivity index (χ0n) is 15.1. The van der Waals surface area contributed by atoms with Gasteiger partial charge in [-0.25, -0.2) is 4.79 Å². The maximum absolute atomic E-state index is 12.5. The van der Waals surface area contributed by atoms with Crippen LogP contribution in [0.15, 0.2) is 40.9 Å². The maximum Gasteiger partial charge on any atom is 0.333 e. The molecule has 1 aromatic rings. The van der Waals surface area contributed by atoms with Crippen LogP contribution in [0.4, 0.5) is 0 Å². The molecular formula is C20H24BrNO4. The van der Waals surface area contributed by atoms with Gasteiger partial charge in [0.15, 0.2) is 0 Å². The molecule has 4 atom stereocenters. The number of halogens is 1. The molecule has 2 fully saturated rings. The maximum atomic E-state index is 12.5. The predicted molar refractivity (Wildman–Crippen MR) is 101 cm³/mol. The van der Waals surface area contributed by atoms with E-state index in [0.29, 0.717) is 18.0 Å². The normalized spacial score (nSPS) is 28.8. The number of nitrogens with zero attached hydrogens (tertiary/aromatic N) is 1. The number of carbonyl (C=O) groups excluding carboxylic acids is 2. The van der Waals surface area contributed by atoms with E-state index in [1.807, 2.05) is 12.1 Å². The predicted octanol–water partition coefficient (Wildman–Crippen LogP) is 3.64. The van der Waals surface area contributed by atoms with Gasteiger partial charge < -0.3 is 9.47 Å². The Balaban J connectivity index is 1.78. The first-order valence-corrected chi connectivity index (χ1v) is 9.70. The molecule has 0 amide bonds. The van der Waals surface area contributed by atoms with Crippen molar-refractivity contribution < 1.29 is 19.1 Å². The van der Waals surface area contributed by atoms with E-state index in [-0.39, 0.29) is 24.7 Å². The summed E-state index contributed by atoms with van der Waals surface area (Å²) in [6, 6.07) is 8.18. The summed E-state index contributed by atoms with van der Waals surface area (Å²) in [7, 11) is 0. The molecule has 0 unspecified atom stereocenters. The molecule has 3 rings (SSSR count). The molecular weight excluding hydrogens is 398 g/mol. The second-order valence-electron chi connectivity index (χ2n) is 7.20. The van der Waals surface area contributed by atoms with Crippen molar-refractivity contribution in [3.63, 3.8) is 0 Å². The molecule has 1 aromatic carbocycles. The van der Waals surface area contributed by atoms with Gasteiger partial charge in [0.1, 0.15) is 18.8 Å². The van der Waals surface area contributed by atoms with Gasteiger partial charge in [0.05, 0.1) is 0 Å². The number of hydrogen-bond donors (Lipinski definition) is 0. The highest BCUT2D eigenvalue weighted by molar-refractivity contribution is 9.10. The molecule has 0 N–H and O–H groups in total. The van der Waals surface area contributed by atoms with Gasteiger partial charge in [-0.1, -0.05) is 41.6 Å². The van der Waals surface area contributed by atoms with Crippen LogP contribution in [0.2, 0.25) is 0 Å². The number of morpholine rings is 1. The summed E-state index contributed by atoms with van der Waals surface area (Å²) in [6.45, 7) is 8.01. The van der Waals surface area contributed by atoms with E-state index in [9.17, 15) is 9.59 Å². The summed E-state index contributed by atoms with van der Waals surface area (Å²) < 4.78 is 11.8. The minimum Gasteiger partial charge on any atom is -0.458 e. The van der Waals surface area contributed by atoms with Crippen molar-refractivity contribution in [2.75, 3.05) is 13.2 Å². The Morgan fingerprint density at radius 1 is 1.35 bits per heavy atom. The zero-order chi connectivity index (χ0) is 18.8. The van der Waals surface area contributed by atoms with Crippen molar-refractivity contribution in [2.45, 2.75) is 44.9 Å². The largest absolute Gasteiger partial charge is 0.458 e. The van der Waals surface area contributed by atoms with Crippen molar-refractivity contribution in [2.24, 2.45) is 5.92 Å². The summed E-state index contributed by atoms with van der Waals surface area (Å²) in [5.74, 6) is -0.252. The quantitative estimate of drug-likeness (QED) is 0.548. The van der Waals surface area contributed by atoms with Crippen molar-refractivity contribution in [1.82, 2.24) is 4.90 Å². The van der Waals surface area contributed by atoms with Crippen LogP contribution < -0.4 is 0 Å². The number of piperidine rings is 1. The summed E-state index contributed by atoms with van der Waals surface area (Å²) in [5.41, 5.74) is 1.53. The lowest BCUT2D eigenvalue weighted by Gasteiger charge is -2.48. The van der Waals surface area contributed by atoms with E-state index in [1.165, 1.54) is 5.56 Å². The van der Waals surface area contributed by atoms with Crippen LogP contribution in [0.3, 0.4) is 0 Å². The molecule has 2 aliphatic heterocycles. The Morgan fingerprint density at radius 2 is 2.04 bits per heavy atom. The molecule has 2 saturated heterocycles. The molecule has 2 aliphatic rings. The lowest BCUT2D eigenvalue weighted by atomic mass is 9.82. The molecule has 2 heterocycles. The fraction of sp³-hybridized carbons (Fsp3) is 0.500. The fourth-order valence-corrected chi connectivity index (χ4v) is 4.10. The van der Waals surface area contributed by atoms with E-state index in [0.717, 1.165) is 17.3 Å². The minimum absolute atomic E-state index is 0.0576. The van der Waals surface area contributed by atoms with Gasteiger partial charge in [-0.2, -0.15) is 0 Å². The summed E-state index contributed by atoms with van der Waals surface area (Å²) >= 11 is 3.48. The van der Waals surface area contributed by atoms with Gasteiger partial charge in [0.2, 0.25) is 0 Å². The Hall–Kier alpha value is -1.66. The Morgan fingerprint density at radius 3 is 2.69 bits per heavy atom. The molecule has 5 nitrogen and oxygen atoms in total. The number of carbonyl (C=O) groups is 2. The molecule has 0 aliphatic carbocycles. The van der Waals surface area contributed by atoms with Crippen molar-refractivity contribution >= 4 is 27.9 Å². The van der Waals surface area contributed by atoms with Crippen LogP contribution in [-0.4, -0.2) is 42.1 Å². The number of fused-ring (bicyclic) bond motifs is 1. The lowest BCUT2D eigenvalue weighted by Crippen LogP contribution is -2.58. The van der Waals surface area contributed by atoms with Crippen LogP contribution in [0, 0.1) is 5.92 Å². The standard InChI is InChI=1S/C20H24BrNO4/c1-12(2)19(23)25-11-16-10-22-17(20(24)26-16)9-4-13(3)18(22)14-5-7-15(21)8-6-14/h5-8,13,16-18H,1,4,9-11H2,2-3H3/t13-,16-,17+,18-/m1/s1. The van der Waals surface area contributed by atoms with Crippen LogP contribution in [0.5, 0.6) is 0 Å². The van der Waals surface area contributed by atoms with Crippen molar-refractivity contribution in [1.29, 1.82) is 0 Å². The second kappa shape index (κ2) is 7.92. The highest BCUT2D eigenvalue weighted by atomic mass is 79.9. The number of esters is 2. The van der Waals surface area contributed by atoms with Gasteiger partial charge >= 0.3 is 11.9 Å². The van der Waals surface area contributed by atoms with Crippen LogP contribution in [0.1, 0.15) is 38.3 Å². The Bertz CT molecular complexity index is 702. The van der Waals surface area contributed by atoms with Crippen molar-refractivity contribution in [3.05, 3.63) is 46.5 Å².